The van der Waals surface area contributed by atoms with E-state index in [1.54, 1.807) is 7.05 Å². The molecule has 120 valence electrons. The molecule has 0 spiro atoms. The monoisotopic (exact) mass is 313 g/mol. The highest BCUT2D eigenvalue weighted by atomic mass is 32.2. The average molecular weight is 313 g/mol. The molecule has 1 aromatic heterocycles. The van der Waals surface area contributed by atoms with Gasteiger partial charge in [0.15, 0.2) is 0 Å². The van der Waals surface area contributed by atoms with Gasteiger partial charge in [-0.25, -0.2) is 8.42 Å². The summed E-state index contributed by atoms with van der Waals surface area (Å²) in [5.41, 5.74) is 1.69. The second-order valence-corrected chi connectivity index (χ2v) is 7.49. The first kappa shape index (κ1) is 18.1. The molecule has 0 saturated carbocycles. The molecule has 0 aromatic carbocycles. The highest BCUT2D eigenvalue weighted by Gasteiger charge is 2.17. The van der Waals surface area contributed by atoms with E-state index in [-0.39, 0.29) is 5.75 Å². The molecule has 0 aliphatic carbocycles. The summed E-state index contributed by atoms with van der Waals surface area (Å²) >= 11 is 0. The van der Waals surface area contributed by atoms with Gasteiger partial charge in [0.25, 0.3) is 0 Å². The van der Waals surface area contributed by atoms with Gasteiger partial charge in [-0.2, -0.15) is 4.31 Å². The molecule has 0 bridgehead atoms. The SMILES string of the molecule is CCCNCCCCS(=O)(=O)N(C)Cc1cccc(C)n1. The van der Waals surface area contributed by atoms with Crippen LogP contribution in [-0.2, 0) is 16.6 Å². The third-order valence-corrected chi connectivity index (χ3v) is 5.12. The predicted molar refractivity (Wildman–Crippen MR) is 86.6 cm³/mol. The number of nitrogens with one attached hydrogen (secondary N) is 1. The average Bonchev–Trinajstić information content (AvgIpc) is 2.42. The Bertz CT molecular complexity index is 517. The molecule has 1 N–H and O–H groups in total. The number of aryl methyl sites for hydroxylation is 1. The number of aromatic nitrogens is 1. The molecule has 0 saturated heterocycles. The van der Waals surface area contributed by atoms with Crippen LogP contribution in [0.25, 0.3) is 0 Å². The van der Waals surface area contributed by atoms with Crippen molar-refractivity contribution in [1.29, 1.82) is 0 Å². The van der Waals surface area contributed by atoms with E-state index in [4.69, 9.17) is 0 Å². The molecular formula is C15H27N3O2S. The van der Waals surface area contributed by atoms with Gasteiger partial charge in [-0.15, -0.1) is 0 Å². The predicted octanol–water partition coefficient (Wildman–Crippen LogP) is 1.93. The van der Waals surface area contributed by atoms with Gasteiger partial charge in [-0.3, -0.25) is 4.98 Å². The summed E-state index contributed by atoms with van der Waals surface area (Å²) in [5, 5.41) is 3.28. The number of sulfonamides is 1. The Kier molecular flexibility index (Phi) is 7.85. The number of nitrogens with zero attached hydrogens (tertiary/aromatic N) is 2. The maximum atomic E-state index is 12.2. The first-order valence-electron chi connectivity index (χ1n) is 7.53. The van der Waals surface area contributed by atoms with Gasteiger partial charge in [-0.1, -0.05) is 13.0 Å². The van der Waals surface area contributed by atoms with Crippen molar-refractivity contribution >= 4 is 10.0 Å². The molecule has 5 nitrogen and oxygen atoms in total. The summed E-state index contributed by atoms with van der Waals surface area (Å²) in [7, 11) is -1.58. The lowest BCUT2D eigenvalue weighted by Crippen LogP contribution is -2.29. The molecule has 0 aliphatic rings. The molecule has 0 fully saturated rings. The number of pyridine rings is 1. The largest absolute Gasteiger partial charge is 0.317 e. The summed E-state index contributed by atoms with van der Waals surface area (Å²) in [6.45, 7) is 6.23. The molecule has 0 radical (unpaired) electrons. The molecule has 0 atom stereocenters. The summed E-state index contributed by atoms with van der Waals surface area (Å²) in [4.78, 5) is 4.34. The maximum absolute atomic E-state index is 12.2. The third kappa shape index (κ3) is 7.02. The Morgan fingerprint density at radius 3 is 2.67 bits per heavy atom. The maximum Gasteiger partial charge on any atom is 0.214 e. The number of hydrogen-bond donors (Lipinski definition) is 1. The van der Waals surface area contributed by atoms with Gasteiger partial charge in [0.1, 0.15) is 0 Å². The van der Waals surface area contributed by atoms with Crippen LogP contribution in [0.1, 0.15) is 37.6 Å². The van der Waals surface area contributed by atoms with Gasteiger partial charge < -0.3 is 5.32 Å². The van der Waals surface area contributed by atoms with Gasteiger partial charge in [0.2, 0.25) is 10.0 Å². The zero-order valence-electron chi connectivity index (χ0n) is 13.3. The molecule has 1 rings (SSSR count). The van der Waals surface area contributed by atoms with E-state index in [0.717, 1.165) is 37.3 Å². The summed E-state index contributed by atoms with van der Waals surface area (Å²) < 4.78 is 25.8. The molecule has 6 heteroatoms. The van der Waals surface area contributed by atoms with Crippen molar-refractivity contribution in [3.05, 3.63) is 29.6 Å². The molecule has 1 aromatic rings. The molecule has 1 heterocycles. The number of hydrogen-bond acceptors (Lipinski definition) is 4. The minimum atomic E-state index is -3.20. The van der Waals surface area contributed by atoms with Crippen LogP contribution in [0.5, 0.6) is 0 Å². The van der Waals surface area contributed by atoms with Crippen LogP contribution in [0.3, 0.4) is 0 Å². The lowest BCUT2D eigenvalue weighted by Gasteiger charge is -2.17. The molecule has 0 aliphatic heterocycles. The number of unbranched alkanes of at least 4 members (excludes halogenated alkanes) is 1. The fourth-order valence-corrected chi connectivity index (χ4v) is 3.22. The quantitative estimate of drug-likeness (QED) is 0.671. The van der Waals surface area contributed by atoms with Crippen LogP contribution in [-0.4, -0.2) is 43.6 Å². The van der Waals surface area contributed by atoms with Crippen LogP contribution in [0.4, 0.5) is 0 Å². The fraction of sp³-hybridized carbons (Fsp3) is 0.667. The molecule has 21 heavy (non-hydrogen) atoms. The molecule has 0 unspecified atom stereocenters. The Balaban J connectivity index is 2.39. The van der Waals surface area contributed by atoms with Crippen molar-refractivity contribution in [2.24, 2.45) is 0 Å². The van der Waals surface area contributed by atoms with E-state index in [2.05, 4.69) is 17.2 Å². The van der Waals surface area contributed by atoms with Crippen molar-refractivity contribution in [1.82, 2.24) is 14.6 Å². The summed E-state index contributed by atoms with van der Waals surface area (Å²) in [6, 6.07) is 5.66. The lowest BCUT2D eigenvalue weighted by molar-refractivity contribution is 0.459. The van der Waals surface area contributed by atoms with Gasteiger partial charge in [0, 0.05) is 12.7 Å². The van der Waals surface area contributed by atoms with Crippen LogP contribution in [0.15, 0.2) is 18.2 Å². The van der Waals surface area contributed by atoms with E-state index in [9.17, 15) is 8.42 Å². The van der Waals surface area contributed by atoms with Crippen molar-refractivity contribution in [2.45, 2.75) is 39.7 Å². The Hall–Kier alpha value is -0.980. The van der Waals surface area contributed by atoms with Crippen LogP contribution in [0.2, 0.25) is 0 Å². The lowest BCUT2D eigenvalue weighted by atomic mass is 10.3. The van der Waals surface area contributed by atoms with E-state index in [0.29, 0.717) is 13.0 Å². The summed E-state index contributed by atoms with van der Waals surface area (Å²) in [5.74, 6) is 0.198. The highest BCUT2D eigenvalue weighted by molar-refractivity contribution is 7.89. The van der Waals surface area contributed by atoms with Crippen LogP contribution < -0.4 is 5.32 Å². The second-order valence-electron chi connectivity index (χ2n) is 5.30. The van der Waals surface area contributed by atoms with Crippen molar-refractivity contribution in [3.63, 3.8) is 0 Å². The summed E-state index contributed by atoms with van der Waals surface area (Å²) in [6.07, 6.45) is 2.67. The smallest absolute Gasteiger partial charge is 0.214 e. The Morgan fingerprint density at radius 2 is 2.00 bits per heavy atom. The van der Waals surface area contributed by atoms with Gasteiger partial charge >= 0.3 is 0 Å². The zero-order valence-corrected chi connectivity index (χ0v) is 14.1. The minimum Gasteiger partial charge on any atom is -0.317 e. The van der Waals surface area contributed by atoms with Crippen molar-refractivity contribution in [2.75, 3.05) is 25.9 Å². The van der Waals surface area contributed by atoms with Crippen molar-refractivity contribution in [3.8, 4) is 0 Å². The van der Waals surface area contributed by atoms with E-state index < -0.39 is 10.0 Å². The van der Waals surface area contributed by atoms with Gasteiger partial charge in [-0.05, 0) is 51.4 Å². The molecular weight excluding hydrogens is 286 g/mol. The van der Waals surface area contributed by atoms with Gasteiger partial charge in [0.05, 0.1) is 18.0 Å². The highest BCUT2D eigenvalue weighted by Crippen LogP contribution is 2.08. The Labute approximate surface area is 128 Å². The van der Waals surface area contributed by atoms with Crippen LogP contribution in [0, 0.1) is 6.92 Å². The normalized spacial score (nSPS) is 12.0. The van der Waals surface area contributed by atoms with E-state index in [1.807, 2.05) is 25.1 Å². The van der Waals surface area contributed by atoms with Crippen LogP contribution >= 0.6 is 0 Å². The Morgan fingerprint density at radius 1 is 1.24 bits per heavy atom. The first-order valence-corrected chi connectivity index (χ1v) is 9.14. The minimum absolute atomic E-state index is 0.198. The standard InChI is InChI=1S/C15H27N3O2S/c1-4-10-16-11-5-6-12-21(19,20)18(3)13-15-9-7-8-14(2)17-15/h7-9,16H,4-6,10-13H2,1-3H3. The fourth-order valence-electron chi connectivity index (χ4n) is 2.01. The topological polar surface area (TPSA) is 62.3 Å². The van der Waals surface area contributed by atoms with E-state index >= 15 is 0 Å². The first-order chi connectivity index (χ1) is 9.95. The molecule has 0 amide bonds. The van der Waals surface area contributed by atoms with E-state index in [1.165, 1.54) is 4.31 Å². The van der Waals surface area contributed by atoms with Crippen molar-refractivity contribution < 1.29 is 8.42 Å². The third-order valence-electron chi connectivity index (χ3n) is 3.24. The second kappa shape index (κ2) is 9.12. The zero-order chi connectivity index (χ0) is 15.7. The number of rotatable bonds is 10.